The molecule has 6 heteroatoms. The Balaban J connectivity index is 1.80. The molecule has 3 rings (SSSR count). The maximum atomic E-state index is 12.5. The van der Waals surface area contributed by atoms with Gasteiger partial charge in [0.2, 0.25) is 5.95 Å². The Labute approximate surface area is 151 Å². The van der Waals surface area contributed by atoms with Gasteiger partial charge in [0.05, 0.1) is 11.3 Å². The highest BCUT2D eigenvalue weighted by atomic mass is 16.1. The molecule has 1 amide bonds. The lowest BCUT2D eigenvalue weighted by molar-refractivity contribution is 0.102. The zero-order valence-electron chi connectivity index (χ0n) is 14.4. The van der Waals surface area contributed by atoms with Gasteiger partial charge in [-0.2, -0.15) is 5.26 Å². The number of carbonyl (C=O) groups is 1. The van der Waals surface area contributed by atoms with Crippen LogP contribution in [0.4, 0.5) is 17.3 Å². The van der Waals surface area contributed by atoms with E-state index >= 15 is 0 Å². The average molecular weight is 343 g/mol. The lowest BCUT2D eigenvalue weighted by Gasteiger charge is -2.10. The number of nitriles is 1. The minimum absolute atomic E-state index is 0.233. The van der Waals surface area contributed by atoms with Crippen LogP contribution in [0.25, 0.3) is 0 Å². The minimum Gasteiger partial charge on any atom is -0.323 e. The van der Waals surface area contributed by atoms with Crippen molar-refractivity contribution < 1.29 is 4.79 Å². The molecule has 0 radical (unpaired) electrons. The molecule has 0 atom stereocenters. The van der Waals surface area contributed by atoms with Crippen LogP contribution in [0.15, 0.2) is 54.7 Å². The van der Waals surface area contributed by atoms with Crippen molar-refractivity contribution in [3.05, 3.63) is 77.1 Å². The molecule has 0 fully saturated rings. The van der Waals surface area contributed by atoms with Gasteiger partial charge in [-0.05, 0) is 43.7 Å². The van der Waals surface area contributed by atoms with Crippen LogP contribution in [-0.2, 0) is 0 Å². The van der Waals surface area contributed by atoms with Gasteiger partial charge in [-0.3, -0.25) is 4.79 Å². The molecule has 6 nitrogen and oxygen atoms in total. The predicted octanol–water partition coefficient (Wildman–Crippen LogP) is 3.96. The molecule has 0 saturated carbocycles. The highest BCUT2D eigenvalue weighted by Crippen LogP contribution is 2.19. The van der Waals surface area contributed by atoms with Gasteiger partial charge in [0.15, 0.2) is 0 Å². The molecule has 1 aromatic heterocycles. The van der Waals surface area contributed by atoms with E-state index < -0.39 is 0 Å². The summed E-state index contributed by atoms with van der Waals surface area (Å²) in [7, 11) is 0. The van der Waals surface area contributed by atoms with Crippen molar-refractivity contribution in [2.45, 2.75) is 13.8 Å². The van der Waals surface area contributed by atoms with Crippen LogP contribution in [0.1, 0.15) is 27.2 Å². The lowest BCUT2D eigenvalue weighted by atomic mass is 10.1. The normalized spacial score (nSPS) is 10.0. The van der Waals surface area contributed by atoms with Crippen molar-refractivity contribution in [3.8, 4) is 6.07 Å². The average Bonchev–Trinajstić information content (AvgIpc) is 2.64. The number of aryl methyl sites for hydroxylation is 2. The van der Waals surface area contributed by atoms with E-state index in [0.717, 1.165) is 16.8 Å². The van der Waals surface area contributed by atoms with Crippen LogP contribution < -0.4 is 10.6 Å². The van der Waals surface area contributed by atoms with Gasteiger partial charge >= 0.3 is 0 Å². The molecule has 0 bridgehead atoms. The number of nitrogens with one attached hydrogen (secondary N) is 2. The molecular formula is C20H17N5O. The number of aromatic nitrogens is 2. The summed E-state index contributed by atoms with van der Waals surface area (Å²) in [6, 6.07) is 16.5. The number of rotatable bonds is 4. The Morgan fingerprint density at radius 1 is 1.08 bits per heavy atom. The molecule has 0 aliphatic rings. The number of carbonyl (C=O) groups excluding carboxylic acids is 1. The van der Waals surface area contributed by atoms with Crippen molar-refractivity contribution in [2.24, 2.45) is 0 Å². The van der Waals surface area contributed by atoms with Crippen LogP contribution in [-0.4, -0.2) is 15.9 Å². The number of nitrogens with zero attached hydrogens (tertiary/aromatic N) is 3. The van der Waals surface area contributed by atoms with Crippen LogP contribution in [0.3, 0.4) is 0 Å². The van der Waals surface area contributed by atoms with Crippen LogP contribution in [0.2, 0.25) is 0 Å². The van der Waals surface area contributed by atoms with Crippen molar-refractivity contribution in [2.75, 3.05) is 10.6 Å². The molecule has 2 aromatic carbocycles. The van der Waals surface area contributed by atoms with Crippen LogP contribution in [0.5, 0.6) is 0 Å². The summed E-state index contributed by atoms with van der Waals surface area (Å²) in [4.78, 5) is 20.9. The standard InChI is InChI=1S/C20H17N5O/c1-13-7-8-16(14(2)11-13)23-19(26)18-9-10-22-20(25-18)24-17-6-4-3-5-15(17)12-21/h3-11H,1-2H3,(H,23,26)(H,22,24,25). The Morgan fingerprint density at radius 2 is 1.88 bits per heavy atom. The number of hydrogen-bond acceptors (Lipinski definition) is 5. The maximum Gasteiger partial charge on any atom is 0.274 e. The molecule has 0 aliphatic heterocycles. The Morgan fingerprint density at radius 3 is 2.65 bits per heavy atom. The highest BCUT2D eigenvalue weighted by molar-refractivity contribution is 6.03. The SMILES string of the molecule is Cc1ccc(NC(=O)c2ccnc(Nc3ccccc3C#N)n2)c(C)c1. The van der Waals surface area contributed by atoms with Crippen LogP contribution in [0, 0.1) is 25.2 Å². The molecule has 1 heterocycles. The number of para-hydroxylation sites is 1. The molecule has 0 saturated heterocycles. The van der Waals surface area contributed by atoms with E-state index in [1.807, 2.05) is 32.0 Å². The van der Waals surface area contributed by atoms with Crippen molar-refractivity contribution in [1.29, 1.82) is 5.26 Å². The number of anilines is 3. The Bertz CT molecular complexity index is 1010. The summed E-state index contributed by atoms with van der Waals surface area (Å²) in [6.07, 6.45) is 1.50. The molecule has 0 aliphatic carbocycles. The topological polar surface area (TPSA) is 90.7 Å². The zero-order valence-corrected chi connectivity index (χ0v) is 14.4. The Kier molecular flexibility index (Phi) is 4.90. The summed E-state index contributed by atoms with van der Waals surface area (Å²) in [5, 5.41) is 15.0. The Hall–Kier alpha value is -3.72. The summed E-state index contributed by atoms with van der Waals surface area (Å²) in [5.74, 6) is -0.0723. The van der Waals surface area contributed by atoms with E-state index in [1.165, 1.54) is 6.20 Å². The van der Waals surface area contributed by atoms with Gasteiger partial charge in [-0.15, -0.1) is 0 Å². The van der Waals surface area contributed by atoms with E-state index in [9.17, 15) is 4.79 Å². The first-order valence-corrected chi connectivity index (χ1v) is 8.04. The first kappa shape index (κ1) is 17.1. The van der Waals surface area contributed by atoms with E-state index in [1.54, 1.807) is 30.3 Å². The fourth-order valence-corrected chi connectivity index (χ4v) is 2.50. The lowest BCUT2D eigenvalue weighted by Crippen LogP contribution is -2.15. The third-order valence-electron chi connectivity index (χ3n) is 3.81. The summed E-state index contributed by atoms with van der Waals surface area (Å²) in [5.41, 5.74) is 4.14. The third kappa shape index (κ3) is 3.84. The van der Waals surface area contributed by atoms with E-state index in [0.29, 0.717) is 11.3 Å². The first-order valence-electron chi connectivity index (χ1n) is 8.04. The molecule has 0 spiro atoms. The van der Waals surface area contributed by atoms with E-state index in [-0.39, 0.29) is 17.5 Å². The molecule has 0 unspecified atom stereocenters. The number of benzene rings is 2. The summed E-state index contributed by atoms with van der Waals surface area (Å²) >= 11 is 0. The number of hydrogen-bond donors (Lipinski definition) is 2. The molecular weight excluding hydrogens is 326 g/mol. The third-order valence-corrected chi connectivity index (χ3v) is 3.81. The fourth-order valence-electron chi connectivity index (χ4n) is 2.50. The van der Waals surface area contributed by atoms with E-state index in [2.05, 4.69) is 26.7 Å². The predicted molar refractivity (Wildman–Crippen MR) is 100 cm³/mol. The van der Waals surface area contributed by atoms with Gasteiger partial charge in [-0.25, -0.2) is 9.97 Å². The van der Waals surface area contributed by atoms with Crippen LogP contribution >= 0.6 is 0 Å². The molecule has 26 heavy (non-hydrogen) atoms. The summed E-state index contributed by atoms with van der Waals surface area (Å²) < 4.78 is 0. The second-order valence-electron chi connectivity index (χ2n) is 5.82. The maximum absolute atomic E-state index is 12.5. The second kappa shape index (κ2) is 7.45. The highest BCUT2D eigenvalue weighted by Gasteiger charge is 2.11. The largest absolute Gasteiger partial charge is 0.323 e. The van der Waals surface area contributed by atoms with E-state index in [4.69, 9.17) is 5.26 Å². The van der Waals surface area contributed by atoms with Crippen molar-refractivity contribution in [1.82, 2.24) is 9.97 Å². The molecule has 128 valence electrons. The van der Waals surface area contributed by atoms with Gasteiger partial charge in [0.1, 0.15) is 11.8 Å². The minimum atomic E-state index is -0.323. The smallest absolute Gasteiger partial charge is 0.274 e. The first-order chi connectivity index (χ1) is 12.6. The zero-order chi connectivity index (χ0) is 18.5. The second-order valence-corrected chi connectivity index (χ2v) is 5.82. The van der Waals surface area contributed by atoms with Gasteiger partial charge in [-0.1, -0.05) is 29.8 Å². The quantitative estimate of drug-likeness (QED) is 0.748. The molecule has 2 N–H and O–H groups in total. The van der Waals surface area contributed by atoms with Crippen molar-refractivity contribution in [3.63, 3.8) is 0 Å². The van der Waals surface area contributed by atoms with Crippen molar-refractivity contribution >= 4 is 23.2 Å². The van der Waals surface area contributed by atoms with Gasteiger partial charge < -0.3 is 10.6 Å². The number of amides is 1. The monoisotopic (exact) mass is 343 g/mol. The fraction of sp³-hybridized carbons (Fsp3) is 0.100. The molecule has 3 aromatic rings. The van der Waals surface area contributed by atoms with Gasteiger partial charge in [0, 0.05) is 11.9 Å². The van der Waals surface area contributed by atoms with Gasteiger partial charge in [0.25, 0.3) is 5.91 Å². The summed E-state index contributed by atoms with van der Waals surface area (Å²) in [6.45, 7) is 3.94.